The molecule has 1 fully saturated rings. The van der Waals surface area contributed by atoms with E-state index in [1.807, 2.05) is 0 Å². The van der Waals surface area contributed by atoms with Crippen molar-refractivity contribution in [2.24, 2.45) is 5.92 Å². The smallest absolute Gasteiger partial charge is 0.0429 e. The molecule has 0 atom stereocenters. The van der Waals surface area contributed by atoms with E-state index in [0.717, 1.165) is 37.1 Å². The highest BCUT2D eigenvalue weighted by Crippen LogP contribution is 2.44. The van der Waals surface area contributed by atoms with E-state index >= 15 is 0 Å². The summed E-state index contributed by atoms with van der Waals surface area (Å²) in [4.78, 5) is 0. The first-order valence-corrected chi connectivity index (χ1v) is 19.5. The van der Waals surface area contributed by atoms with Crippen molar-refractivity contribution in [3.63, 3.8) is 0 Å². The molecule has 0 heterocycles. The van der Waals surface area contributed by atoms with Crippen molar-refractivity contribution >= 4 is 16.9 Å². The number of hydrogen-bond donors (Lipinski definition) is 2. The number of anilines is 2. The van der Waals surface area contributed by atoms with Gasteiger partial charge < -0.3 is 11.5 Å². The summed E-state index contributed by atoms with van der Waals surface area (Å²) in [6.07, 6.45) is 28.9. The van der Waals surface area contributed by atoms with E-state index in [9.17, 15) is 0 Å². The second kappa shape index (κ2) is 20.8. The van der Waals surface area contributed by atoms with Gasteiger partial charge >= 0.3 is 0 Å². The molecule has 2 aromatic carbocycles. The molecule has 1 aliphatic carbocycles. The molecule has 0 bridgehead atoms. The summed E-state index contributed by atoms with van der Waals surface area (Å²) in [5, 5.41) is 0. The van der Waals surface area contributed by atoms with Crippen LogP contribution in [0.25, 0.3) is 5.57 Å². The average molecular weight is 615 g/mol. The van der Waals surface area contributed by atoms with Gasteiger partial charge in [-0.2, -0.15) is 0 Å². The minimum atomic E-state index is 0.641. The van der Waals surface area contributed by atoms with Gasteiger partial charge in [-0.3, -0.25) is 0 Å². The molecule has 1 saturated carbocycles. The van der Waals surface area contributed by atoms with Crippen LogP contribution in [0.5, 0.6) is 0 Å². The van der Waals surface area contributed by atoms with Gasteiger partial charge in [-0.25, -0.2) is 0 Å². The van der Waals surface area contributed by atoms with Gasteiger partial charge in [-0.05, 0) is 105 Å². The molecule has 252 valence electrons. The van der Waals surface area contributed by atoms with E-state index in [1.165, 1.54) is 167 Å². The van der Waals surface area contributed by atoms with Gasteiger partial charge in [0.25, 0.3) is 0 Å². The number of hydrogen-bond acceptors (Lipinski definition) is 2. The molecule has 4 N–H and O–H groups in total. The fourth-order valence-corrected chi connectivity index (χ4v) is 7.47. The fourth-order valence-electron chi connectivity index (χ4n) is 7.47. The quantitative estimate of drug-likeness (QED) is 0.0966. The SMILES string of the molecule is CCCCCCc1ccc(C(=C(C)C2CCC2)c2ccc(CCCCCC)c(CCCCCC)c2N)c(N)c1CCCCCC. The first-order valence-electron chi connectivity index (χ1n) is 19.5. The summed E-state index contributed by atoms with van der Waals surface area (Å²) >= 11 is 0. The van der Waals surface area contributed by atoms with Gasteiger partial charge in [0.05, 0.1) is 0 Å². The Hall–Kier alpha value is -2.22. The molecule has 1 aliphatic rings. The Morgan fingerprint density at radius 1 is 0.533 bits per heavy atom. The van der Waals surface area contributed by atoms with E-state index in [-0.39, 0.29) is 0 Å². The molecule has 45 heavy (non-hydrogen) atoms. The highest BCUT2D eigenvalue weighted by molar-refractivity contribution is 5.93. The van der Waals surface area contributed by atoms with Crippen LogP contribution in [0, 0.1) is 5.92 Å². The van der Waals surface area contributed by atoms with Gasteiger partial charge in [0.1, 0.15) is 0 Å². The fraction of sp³-hybridized carbons (Fsp3) is 0.674. The van der Waals surface area contributed by atoms with Crippen LogP contribution in [0.15, 0.2) is 29.8 Å². The van der Waals surface area contributed by atoms with Crippen molar-refractivity contribution in [2.75, 3.05) is 11.5 Å². The Kier molecular flexibility index (Phi) is 17.2. The highest BCUT2D eigenvalue weighted by atomic mass is 14.6. The van der Waals surface area contributed by atoms with Crippen LogP contribution < -0.4 is 11.5 Å². The molecule has 2 nitrogen and oxygen atoms in total. The van der Waals surface area contributed by atoms with Crippen LogP contribution in [0.3, 0.4) is 0 Å². The standard InChI is InChI=1S/C43H70N2/c1-6-10-14-18-23-35-29-31-39(42(44)37(35)27-20-16-12-8-3)41(33(5)34-25-22-26-34)40-32-30-36(24-19-15-11-7-2)38(43(40)45)28-21-17-13-9-4/h29-32,34H,6-28,44-45H2,1-5H3. The van der Waals surface area contributed by atoms with Gasteiger partial charge in [-0.15, -0.1) is 0 Å². The van der Waals surface area contributed by atoms with Crippen molar-refractivity contribution in [3.05, 3.63) is 63.2 Å². The normalized spacial score (nSPS) is 13.3. The minimum absolute atomic E-state index is 0.641. The van der Waals surface area contributed by atoms with E-state index in [0.29, 0.717) is 5.92 Å². The first-order chi connectivity index (χ1) is 22.0. The third-order valence-corrected chi connectivity index (χ3v) is 10.7. The molecule has 0 saturated heterocycles. The van der Waals surface area contributed by atoms with Gasteiger partial charge in [0.2, 0.25) is 0 Å². The summed E-state index contributed by atoms with van der Waals surface area (Å²) < 4.78 is 0. The molecule has 0 unspecified atom stereocenters. The zero-order chi connectivity index (χ0) is 32.4. The lowest BCUT2D eigenvalue weighted by molar-refractivity contribution is 0.369. The molecular weight excluding hydrogens is 544 g/mol. The number of benzene rings is 2. The largest absolute Gasteiger partial charge is 0.398 e. The van der Waals surface area contributed by atoms with Crippen molar-refractivity contribution in [1.82, 2.24) is 0 Å². The van der Waals surface area contributed by atoms with Crippen LogP contribution in [0.2, 0.25) is 0 Å². The monoisotopic (exact) mass is 615 g/mol. The Balaban J connectivity index is 2.10. The third-order valence-electron chi connectivity index (χ3n) is 10.7. The van der Waals surface area contributed by atoms with Gasteiger partial charge in [-0.1, -0.05) is 141 Å². The lowest BCUT2D eigenvalue weighted by atomic mass is 9.75. The summed E-state index contributed by atoms with van der Waals surface area (Å²) in [5.41, 5.74) is 27.8. The molecule has 0 spiro atoms. The van der Waals surface area contributed by atoms with E-state index < -0.39 is 0 Å². The highest BCUT2D eigenvalue weighted by Gasteiger charge is 2.26. The van der Waals surface area contributed by atoms with Crippen LogP contribution in [-0.4, -0.2) is 0 Å². The molecule has 0 aromatic heterocycles. The second-order valence-electron chi connectivity index (χ2n) is 14.3. The third kappa shape index (κ3) is 10.9. The molecule has 0 amide bonds. The predicted molar refractivity (Wildman–Crippen MR) is 202 cm³/mol. The Morgan fingerprint density at radius 2 is 0.911 bits per heavy atom. The number of nitrogens with two attached hydrogens (primary N) is 2. The maximum atomic E-state index is 7.32. The summed E-state index contributed by atoms with van der Waals surface area (Å²) in [6, 6.07) is 9.61. The molecule has 0 radical (unpaired) electrons. The summed E-state index contributed by atoms with van der Waals surface area (Å²) in [7, 11) is 0. The van der Waals surface area contributed by atoms with Crippen molar-refractivity contribution in [1.29, 1.82) is 0 Å². The average Bonchev–Trinajstić information content (AvgIpc) is 3.01. The molecule has 2 aromatic rings. The molecule has 3 rings (SSSR count). The van der Waals surface area contributed by atoms with E-state index in [1.54, 1.807) is 0 Å². The number of nitrogen functional groups attached to an aromatic ring is 2. The predicted octanol–water partition coefficient (Wildman–Crippen LogP) is 13.0. The van der Waals surface area contributed by atoms with Crippen molar-refractivity contribution in [3.8, 4) is 0 Å². The van der Waals surface area contributed by atoms with Gasteiger partial charge in [0.15, 0.2) is 0 Å². The number of rotatable bonds is 23. The maximum Gasteiger partial charge on any atom is 0.0429 e. The van der Waals surface area contributed by atoms with Crippen LogP contribution in [-0.2, 0) is 25.7 Å². The van der Waals surface area contributed by atoms with E-state index in [4.69, 9.17) is 11.5 Å². The lowest BCUT2D eigenvalue weighted by Crippen LogP contribution is -2.16. The number of unbranched alkanes of at least 4 members (excludes halogenated alkanes) is 12. The number of allylic oxidation sites excluding steroid dienone is 1. The first kappa shape index (κ1) is 37.2. The van der Waals surface area contributed by atoms with Crippen LogP contribution in [0.1, 0.15) is 190 Å². The van der Waals surface area contributed by atoms with Crippen LogP contribution in [0.4, 0.5) is 11.4 Å². The molecule has 0 aliphatic heterocycles. The number of aryl methyl sites for hydroxylation is 2. The molecule has 2 heteroatoms. The summed E-state index contributed by atoms with van der Waals surface area (Å²) in [6.45, 7) is 11.6. The zero-order valence-corrected chi connectivity index (χ0v) is 30.3. The second-order valence-corrected chi connectivity index (χ2v) is 14.3. The Labute approximate surface area is 279 Å². The summed E-state index contributed by atoms with van der Waals surface area (Å²) in [5.74, 6) is 0.641. The minimum Gasteiger partial charge on any atom is -0.398 e. The topological polar surface area (TPSA) is 52.0 Å². The van der Waals surface area contributed by atoms with E-state index in [2.05, 4.69) is 58.9 Å². The zero-order valence-electron chi connectivity index (χ0n) is 30.3. The maximum absolute atomic E-state index is 7.32. The van der Waals surface area contributed by atoms with Crippen molar-refractivity contribution in [2.45, 2.75) is 182 Å². The lowest BCUT2D eigenvalue weighted by Gasteiger charge is -2.31. The van der Waals surface area contributed by atoms with Crippen LogP contribution >= 0.6 is 0 Å². The Morgan fingerprint density at radius 3 is 1.24 bits per heavy atom. The van der Waals surface area contributed by atoms with Gasteiger partial charge in [0, 0.05) is 22.5 Å². The Bertz CT molecular complexity index is 1090. The van der Waals surface area contributed by atoms with Crippen molar-refractivity contribution < 1.29 is 0 Å². The molecular formula is C43H70N2.